The Bertz CT molecular complexity index is 300. The standard InChI is InChI=1S/C12H16/c1-8-6-11-9(2)4-5-10(3)12(11)7-8/h6-7,9H,4-5H2,1-3H3. The molecular weight excluding hydrogens is 144 g/mol. The van der Waals surface area contributed by atoms with E-state index in [-0.39, 0.29) is 0 Å². The first kappa shape index (κ1) is 7.85. The van der Waals surface area contributed by atoms with Crippen LogP contribution in [0.15, 0.2) is 34.4 Å². The summed E-state index contributed by atoms with van der Waals surface area (Å²) in [5, 5.41) is 0. The zero-order chi connectivity index (χ0) is 8.72. The van der Waals surface area contributed by atoms with Crippen LogP contribution in [-0.4, -0.2) is 0 Å². The molecule has 0 nitrogen and oxygen atoms in total. The molecule has 0 heteroatoms. The Morgan fingerprint density at radius 1 is 1.25 bits per heavy atom. The predicted molar refractivity (Wildman–Crippen MR) is 52.9 cm³/mol. The van der Waals surface area contributed by atoms with Gasteiger partial charge in [0.1, 0.15) is 0 Å². The lowest BCUT2D eigenvalue weighted by atomic mass is 9.83. The van der Waals surface area contributed by atoms with Crippen molar-refractivity contribution in [2.24, 2.45) is 5.92 Å². The Balaban J connectivity index is 2.48. The van der Waals surface area contributed by atoms with Gasteiger partial charge in [0.05, 0.1) is 0 Å². The molecule has 0 aromatic carbocycles. The van der Waals surface area contributed by atoms with E-state index in [1.807, 2.05) is 0 Å². The molecule has 0 amide bonds. The number of hydrogen-bond donors (Lipinski definition) is 0. The molecule has 12 heavy (non-hydrogen) atoms. The van der Waals surface area contributed by atoms with Crippen molar-refractivity contribution < 1.29 is 0 Å². The average molecular weight is 160 g/mol. The van der Waals surface area contributed by atoms with Gasteiger partial charge in [-0.25, -0.2) is 0 Å². The zero-order valence-electron chi connectivity index (χ0n) is 8.15. The van der Waals surface area contributed by atoms with Gasteiger partial charge >= 0.3 is 0 Å². The number of allylic oxidation sites excluding steroid dienone is 6. The molecule has 2 aliphatic carbocycles. The molecule has 64 valence electrons. The molecule has 2 aliphatic rings. The van der Waals surface area contributed by atoms with Crippen molar-refractivity contribution in [1.29, 1.82) is 0 Å². The van der Waals surface area contributed by atoms with E-state index in [9.17, 15) is 0 Å². The number of rotatable bonds is 0. The molecule has 0 N–H and O–H groups in total. The minimum atomic E-state index is 0.775. The average Bonchev–Trinajstić information content (AvgIpc) is 2.41. The molecule has 0 saturated heterocycles. The van der Waals surface area contributed by atoms with Gasteiger partial charge in [-0.05, 0) is 43.8 Å². The maximum atomic E-state index is 2.35. The van der Waals surface area contributed by atoms with Crippen molar-refractivity contribution in [1.82, 2.24) is 0 Å². The number of fused-ring (bicyclic) bond motifs is 1. The Hall–Kier alpha value is -0.780. The van der Waals surface area contributed by atoms with Crippen LogP contribution in [-0.2, 0) is 0 Å². The second-order valence-corrected chi connectivity index (χ2v) is 4.12. The summed E-state index contributed by atoms with van der Waals surface area (Å²) in [5.74, 6) is 0.775. The second kappa shape index (κ2) is 2.62. The zero-order valence-corrected chi connectivity index (χ0v) is 8.15. The highest BCUT2D eigenvalue weighted by molar-refractivity contribution is 5.56. The molecule has 1 atom stereocenters. The Kier molecular flexibility index (Phi) is 1.71. The smallest absolute Gasteiger partial charge is 0.0181 e. The van der Waals surface area contributed by atoms with Crippen LogP contribution in [0.25, 0.3) is 0 Å². The van der Waals surface area contributed by atoms with Gasteiger partial charge < -0.3 is 0 Å². The molecule has 0 spiro atoms. The summed E-state index contributed by atoms with van der Waals surface area (Å²) < 4.78 is 0. The van der Waals surface area contributed by atoms with Gasteiger partial charge in [-0.1, -0.05) is 30.2 Å². The Morgan fingerprint density at radius 2 is 2.00 bits per heavy atom. The summed E-state index contributed by atoms with van der Waals surface area (Å²) in [5.41, 5.74) is 6.12. The summed E-state index contributed by atoms with van der Waals surface area (Å²) >= 11 is 0. The molecule has 0 saturated carbocycles. The van der Waals surface area contributed by atoms with Gasteiger partial charge in [0, 0.05) is 0 Å². The van der Waals surface area contributed by atoms with Gasteiger partial charge in [0.25, 0.3) is 0 Å². The van der Waals surface area contributed by atoms with Crippen LogP contribution in [0.4, 0.5) is 0 Å². The van der Waals surface area contributed by atoms with Crippen molar-refractivity contribution in [3.8, 4) is 0 Å². The fourth-order valence-corrected chi connectivity index (χ4v) is 2.18. The molecule has 2 rings (SSSR count). The lowest BCUT2D eigenvalue weighted by molar-refractivity contribution is 0.595. The third kappa shape index (κ3) is 1.06. The van der Waals surface area contributed by atoms with Gasteiger partial charge in [-0.15, -0.1) is 0 Å². The third-order valence-electron chi connectivity index (χ3n) is 3.01. The van der Waals surface area contributed by atoms with E-state index in [1.54, 1.807) is 11.1 Å². The summed E-state index contributed by atoms with van der Waals surface area (Å²) in [6.45, 7) is 6.80. The van der Waals surface area contributed by atoms with Gasteiger partial charge in [-0.2, -0.15) is 0 Å². The minimum absolute atomic E-state index is 0.775. The number of hydrogen-bond acceptors (Lipinski definition) is 0. The van der Waals surface area contributed by atoms with E-state index in [1.165, 1.54) is 24.0 Å². The Morgan fingerprint density at radius 3 is 2.67 bits per heavy atom. The van der Waals surface area contributed by atoms with E-state index in [2.05, 4.69) is 32.9 Å². The summed E-state index contributed by atoms with van der Waals surface area (Å²) in [4.78, 5) is 0. The van der Waals surface area contributed by atoms with Crippen LogP contribution in [0, 0.1) is 5.92 Å². The van der Waals surface area contributed by atoms with E-state index in [4.69, 9.17) is 0 Å². The first-order valence-corrected chi connectivity index (χ1v) is 4.78. The van der Waals surface area contributed by atoms with Crippen molar-refractivity contribution in [3.63, 3.8) is 0 Å². The highest BCUT2D eigenvalue weighted by Gasteiger charge is 2.22. The van der Waals surface area contributed by atoms with Crippen molar-refractivity contribution >= 4 is 0 Å². The lowest BCUT2D eigenvalue weighted by Crippen LogP contribution is -2.07. The van der Waals surface area contributed by atoms with Gasteiger partial charge in [0.15, 0.2) is 0 Å². The molecule has 0 radical (unpaired) electrons. The van der Waals surface area contributed by atoms with Crippen molar-refractivity contribution in [2.75, 3.05) is 0 Å². The fourth-order valence-electron chi connectivity index (χ4n) is 2.18. The molecule has 1 unspecified atom stereocenters. The quantitative estimate of drug-likeness (QED) is 0.507. The normalized spacial score (nSPS) is 28.4. The molecule has 0 aromatic rings. The van der Waals surface area contributed by atoms with Crippen LogP contribution in [0.1, 0.15) is 33.6 Å². The molecule has 0 fully saturated rings. The van der Waals surface area contributed by atoms with Gasteiger partial charge in [0.2, 0.25) is 0 Å². The fraction of sp³-hybridized carbons (Fsp3) is 0.500. The van der Waals surface area contributed by atoms with E-state index in [0.717, 1.165) is 5.92 Å². The molecule has 0 aliphatic heterocycles. The SMILES string of the molecule is CC1=CC2=C(C)CCC(C)C2=C1. The minimum Gasteiger partial charge on any atom is -0.0658 e. The summed E-state index contributed by atoms with van der Waals surface area (Å²) in [7, 11) is 0. The summed E-state index contributed by atoms with van der Waals surface area (Å²) in [6, 6.07) is 0. The van der Waals surface area contributed by atoms with E-state index in [0.29, 0.717) is 0 Å². The maximum absolute atomic E-state index is 2.35. The molecular formula is C12H16. The molecule has 0 aromatic heterocycles. The van der Waals surface area contributed by atoms with Crippen LogP contribution in [0.2, 0.25) is 0 Å². The molecule has 0 bridgehead atoms. The lowest BCUT2D eigenvalue weighted by Gasteiger charge is -2.22. The monoisotopic (exact) mass is 160 g/mol. The predicted octanol–water partition coefficient (Wildman–Crippen LogP) is 3.62. The first-order chi connectivity index (χ1) is 5.68. The van der Waals surface area contributed by atoms with Crippen LogP contribution < -0.4 is 0 Å². The maximum Gasteiger partial charge on any atom is -0.0181 e. The second-order valence-electron chi connectivity index (χ2n) is 4.12. The highest BCUT2D eigenvalue weighted by atomic mass is 14.3. The van der Waals surface area contributed by atoms with Crippen LogP contribution in [0.5, 0.6) is 0 Å². The first-order valence-electron chi connectivity index (χ1n) is 4.78. The largest absolute Gasteiger partial charge is 0.0658 e. The molecule has 0 heterocycles. The highest BCUT2D eigenvalue weighted by Crippen LogP contribution is 2.39. The topological polar surface area (TPSA) is 0 Å². The van der Waals surface area contributed by atoms with Crippen LogP contribution in [0.3, 0.4) is 0 Å². The van der Waals surface area contributed by atoms with Crippen LogP contribution >= 0.6 is 0 Å². The Labute approximate surface area is 74.7 Å². The van der Waals surface area contributed by atoms with Crippen molar-refractivity contribution in [3.05, 3.63) is 34.4 Å². The van der Waals surface area contributed by atoms with Gasteiger partial charge in [-0.3, -0.25) is 0 Å². The van der Waals surface area contributed by atoms with Crippen molar-refractivity contribution in [2.45, 2.75) is 33.6 Å². The summed E-state index contributed by atoms with van der Waals surface area (Å²) in [6.07, 6.45) is 7.31. The third-order valence-corrected chi connectivity index (χ3v) is 3.01. The van der Waals surface area contributed by atoms with E-state index < -0.39 is 0 Å². The van der Waals surface area contributed by atoms with E-state index >= 15 is 0 Å².